The lowest BCUT2D eigenvalue weighted by molar-refractivity contribution is 0.670. The summed E-state index contributed by atoms with van der Waals surface area (Å²) in [5.74, 6) is 0. The Morgan fingerprint density at radius 1 is 0.286 bits per heavy atom. The van der Waals surface area contributed by atoms with Gasteiger partial charge < -0.3 is 4.42 Å². The first-order valence-electron chi connectivity index (χ1n) is 16.8. The lowest BCUT2D eigenvalue weighted by Crippen LogP contribution is -1.91. The maximum atomic E-state index is 6.38. The summed E-state index contributed by atoms with van der Waals surface area (Å²) in [4.78, 5) is 0. The fraction of sp³-hybridized carbons (Fsp3) is 0. The van der Waals surface area contributed by atoms with Gasteiger partial charge in [-0.05, 0) is 89.5 Å². The van der Waals surface area contributed by atoms with Crippen LogP contribution >= 0.6 is 0 Å². The Labute approximate surface area is 284 Å². The Bertz CT molecular complexity index is 2810. The minimum atomic E-state index is 0.919. The number of benzene rings is 9. The molecular weight excluding hydrogens is 593 g/mol. The third-order valence-electron chi connectivity index (χ3n) is 10.1. The highest BCUT2D eigenvalue weighted by atomic mass is 16.3. The van der Waals surface area contributed by atoms with Gasteiger partial charge in [-0.1, -0.05) is 164 Å². The number of hydrogen-bond acceptors (Lipinski definition) is 1. The summed E-state index contributed by atoms with van der Waals surface area (Å²) in [6, 6.07) is 65.8. The van der Waals surface area contributed by atoms with E-state index >= 15 is 0 Å². The first kappa shape index (κ1) is 27.7. The molecule has 49 heavy (non-hydrogen) atoms. The summed E-state index contributed by atoms with van der Waals surface area (Å²) in [6.45, 7) is 0. The standard InChI is InChI=1S/C48H30O/c1-2-12-34-29-36(28-23-31(34)11-1)35-13-9-14-37(30-35)47-42-18-5-3-16-40(42)46(41-17-4-6-19-43(41)47)33-26-24-32(25-27-33)38-20-10-21-44-39-15-7-8-22-45(39)49-48(38)44/h1-30H. The van der Waals surface area contributed by atoms with E-state index in [2.05, 4.69) is 170 Å². The molecule has 0 aliphatic rings. The predicted molar refractivity (Wildman–Crippen MR) is 208 cm³/mol. The van der Waals surface area contributed by atoms with Crippen molar-refractivity contribution in [3.63, 3.8) is 0 Å². The summed E-state index contributed by atoms with van der Waals surface area (Å²) in [7, 11) is 0. The molecule has 9 aromatic carbocycles. The Hall–Kier alpha value is -6.44. The van der Waals surface area contributed by atoms with Crippen LogP contribution in [0.1, 0.15) is 0 Å². The van der Waals surface area contributed by atoms with Gasteiger partial charge in [0.1, 0.15) is 11.2 Å². The third kappa shape index (κ3) is 4.47. The molecule has 0 unspecified atom stereocenters. The van der Waals surface area contributed by atoms with Crippen molar-refractivity contribution in [3.8, 4) is 44.5 Å². The molecule has 0 spiro atoms. The molecule has 0 fully saturated rings. The van der Waals surface area contributed by atoms with Crippen molar-refractivity contribution in [3.05, 3.63) is 182 Å². The van der Waals surface area contributed by atoms with Gasteiger partial charge in [0.05, 0.1) is 0 Å². The molecule has 1 nitrogen and oxygen atoms in total. The zero-order valence-corrected chi connectivity index (χ0v) is 26.7. The summed E-state index contributed by atoms with van der Waals surface area (Å²) >= 11 is 0. The van der Waals surface area contributed by atoms with Gasteiger partial charge in [-0.15, -0.1) is 0 Å². The lowest BCUT2D eigenvalue weighted by Gasteiger charge is -2.18. The number of para-hydroxylation sites is 2. The second-order valence-corrected chi connectivity index (χ2v) is 12.8. The number of fused-ring (bicyclic) bond motifs is 6. The van der Waals surface area contributed by atoms with Gasteiger partial charge in [0.25, 0.3) is 0 Å². The van der Waals surface area contributed by atoms with E-state index in [9.17, 15) is 0 Å². The quantitative estimate of drug-likeness (QED) is 0.178. The third-order valence-corrected chi connectivity index (χ3v) is 10.1. The van der Waals surface area contributed by atoms with Gasteiger partial charge in [0, 0.05) is 16.3 Å². The largest absolute Gasteiger partial charge is 0.455 e. The van der Waals surface area contributed by atoms with Crippen LogP contribution in [-0.4, -0.2) is 0 Å². The second-order valence-electron chi connectivity index (χ2n) is 12.8. The minimum Gasteiger partial charge on any atom is -0.455 e. The number of furan rings is 1. The molecule has 0 bridgehead atoms. The predicted octanol–water partition coefficient (Wildman–Crippen LogP) is 13.7. The SMILES string of the molecule is c1cc(-c2ccc3ccccc3c2)cc(-c2c3ccccc3c(-c3ccc(-c4cccc5c4oc4ccccc45)cc3)c3ccccc23)c1. The second kappa shape index (κ2) is 11.1. The first-order chi connectivity index (χ1) is 24.3. The first-order valence-corrected chi connectivity index (χ1v) is 16.8. The zero-order chi connectivity index (χ0) is 32.3. The van der Waals surface area contributed by atoms with Crippen LogP contribution in [0.25, 0.3) is 98.8 Å². The average molecular weight is 623 g/mol. The van der Waals surface area contributed by atoms with Crippen molar-refractivity contribution in [1.29, 1.82) is 0 Å². The van der Waals surface area contributed by atoms with E-state index in [1.807, 2.05) is 12.1 Å². The smallest absolute Gasteiger partial charge is 0.143 e. The highest BCUT2D eigenvalue weighted by Gasteiger charge is 2.18. The average Bonchev–Trinajstić information content (AvgIpc) is 3.56. The molecule has 0 saturated heterocycles. The van der Waals surface area contributed by atoms with Gasteiger partial charge >= 0.3 is 0 Å². The molecule has 0 radical (unpaired) electrons. The van der Waals surface area contributed by atoms with E-state index in [0.29, 0.717) is 0 Å². The molecule has 1 heterocycles. The van der Waals surface area contributed by atoms with Gasteiger partial charge in [-0.2, -0.15) is 0 Å². The molecule has 1 heteroatoms. The van der Waals surface area contributed by atoms with E-state index in [1.165, 1.54) is 65.7 Å². The van der Waals surface area contributed by atoms with Crippen LogP contribution in [0, 0.1) is 0 Å². The van der Waals surface area contributed by atoms with E-state index in [0.717, 1.165) is 33.1 Å². The van der Waals surface area contributed by atoms with E-state index < -0.39 is 0 Å². The lowest BCUT2D eigenvalue weighted by atomic mass is 9.85. The maximum absolute atomic E-state index is 6.38. The fourth-order valence-electron chi connectivity index (χ4n) is 7.76. The van der Waals surface area contributed by atoms with Crippen LogP contribution in [0.2, 0.25) is 0 Å². The topological polar surface area (TPSA) is 13.1 Å². The minimum absolute atomic E-state index is 0.919. The summed E-state index contributed by atoms with van der Waals surface area (Å²) in [5.41, 5.74) is 11.5. The van der Waals surface area contributed by atoms with E-state index in [4.69, 9.17) is 4.42 Å². The fourth-order valence-corrected chi connectivity index (χ4v) is 7.76. The van der Waals surface area contributed by atoms with Crippen LogP contribution in [0.4, 0.5) is 0 Å². The maximum Gasteiger partial charge on any atom is 0.143 e. The van der Waals surface area contributed by atoms with Gasteiger partial charge in [0.15, 0.2) is 0 Å². The molecule has 0 amide bonds. The normalized spacial score (nSPS) is 11.7. The van der Waals surface area contributed by atoms with E-state index in [-0.39, 0.29) is 0 Å². The molecule has 0 saturated carbocycles. The van der Waals surface area contributed by atoms with Crippen LogP contribution in [0.3, 0.4) is 0 Å². The highest BCUT2D eigenvalue weighted by Crippen LogP contribution is 2.45. The summed E-state index contributed by atoms with van der Waals surface area (Å²) in [6.07, 6.45) is 0. The Kier molecular flexibility index (Phi) is 6.25. The summed E-state index contributed by atoms with van der Waals surface area (Å²) in [5, 5.41) is 9.82. The number of rotatable bonds is 4. The molecule has 1 aromatic heterocycles. The zero-order valence-electron chi connectivity index (χ0n) is 26.7. The molecule has 10 rings (SSSR count). The molecule has 10 aromatic rings. The highest BCUT2D eigenvalue weighted by molar-refractivity contribution is 6.21. The molecule has 0 aliphatic carbocycles. The van der Waals surface area contributed by atoms with Crippen molar-refractivity contribution in [2.24, 2.45) is 0 Å². The van der Waals surface area contributed by atoms with Gasteiger partial charge in [-0.3, -0.25) is 0 Å². The van der Waals surface area contributed by atoms with E-state index in [1.54, 1.807) is 0 Å². The Balaban J connectivity index is 1.13. The Morgan fingerprint density at radius 2 is 0.796 bits per heavy atom. The summed E-state index contributed by atoms with van der Waals surface area (Å²) < 4.78 is 6.38. The van der Waals surface area contributed by atoms with Crippen molar-refractivity contribution in [1.82, 2.24) is 0 Å². The number of hydrogen-bond donors (Lipinski definition) is 0. The van der Waals surface area contributed by atoms with Crippen LogP contribution in [0.5, 0.6) is 0 Å². The monoisotopic (exact) mass is 622 g/mol. The van der Waals surface area contributed by atoms with Gasteiger partial charge in [-0.25, -0.2) is 0 Å². The van der Waals surface area contributed by atoms with Crippen LogP contribution in [-0.2, 0) is 0 Å². The molecular formula is C48H30O. The van der Waals surface area contributed by atoms with Crippen molar-refractivity contribution in [2.75, 3.05) is 0 Å². The molecule has 0 aliphatic heterocycles. The Morgan fingerprint density at radius 3 is 1.53 bits per heavy atom. The molecule has 228 valence electrons. The van der Waals surface area contributed by atoms with Gasteiger partial charge in [0.2, 0.25) is 0 Å². The molecule has 0 N–H and O–H groups in total. The van der Waals surface area contributed by atoms with Crippen LogP contribution in [0.15, 0.2) is 186 Å². The molecule has 0 atom stereocenters. The van der Waals surface area contributed by atoms with Crippen molar-refractivity contribution >= 4 is 54.3 Å². The van der Waals surface area contributed by atoms with Crippen molar-refractivity contribution < 1.29 is 4.42 Å². The van der Waals surface area contributed by atoms with Crippen LogP contribution < -0.4 is 0 Å². The van der Waals surface area contributed by atoms with Crippen molar-refractivity contribution in [2.45, 2.75) is 0 Å².